The summed E-state index contributed by atoms with van der Waals surface area (Å²) in [6.07, 6.45) is 0. The highest BCUT2D eigenvalue weighted by molar-refractivity contribution is 7.92. The largest absolute Gasteiger partial charge is 0.460 e. The fraction of sp³-hybridized carbons (Fsp3) is 0.250. The average Bonchev–Trinajstić information content (AvgIpc) is 2.97. The van der Waals surface area contributed by atoms with Crippen molar-refractivity contribution in [3.05, 3.63) is 59.4 Å². The average molecular weight is 403 g/mol. The Balaban J connectivity index is 1.92. The van der Waals surface area contributed by atoms with Crippen LogP contribution in [0, 0.1) is 13.8 Å². The Kier molecular flexibility index (Phi) is 5.71. The molecule has 0 saturated heterocycles. The monoisotopic (exact) mass is 403 g/mol. The molecule has 0 aliphatic rings. The van der Waals surface area contributed by atoms with Gasteiger partial charge in [-0.05, 0) is 44.2 Å². The number of methoxy groups -OCH3 is 1. The molecule has 3 rings (SSSR count). The molecule has 0 fully saturated rings. The van der Waals surface area contributed by atoms with Gasteiger partial charge < -0.3 is 13.9 Å². The summed E-state index contributed by atoms with van der Waals surface area (Å²) in [5.41, 5.74) is 2.02. The summed E-state index contributed by atoms with van der Waals surface area (Å²) in [6.45, 7) is 3.93. The van der Waals surface area contributed by atoms with Gasteiger partial charge >= 0.3 is 5.97 Å². The molecule has 0 radical (unpaired) electrons. The summed E-state index contributed by atoms with van der Waals surface area (Å²) in [4.78, 5) is 12.5. The van der Waals surface area contributed by atoms with E-state index in [0.717, 1.165) is 5.56 Å². The topological polar surface area (TPSA) is 94.8 Å². The predicted molar refractivity (Wildman–Crippen MR) is 105 cm³/mol. The Hall–Kier alpha value is -2.84. The van der Waals surface area contributed by atoms with Gasteiger partial charge in [0.2, 0.25) is 0 Å². The van der Waals surface area contributed by atoms with Gasteiger partial charge in [-0.25, -0.2) is 13.2 Å². The van der Waals surface area contributed by atoms with Gasteiger partial charge in [0.1, 0.15) is 23.5 Å². The summed E-state index contributed by atoms with van der Waals surface area (Å²) in [6, 6.07) is 11.3. The van der Waals surface area contributed by atoms with Crippen LogP contribution in [0.1, 0.15) is 21.7 Å². The van der Waals surface area contributed by atoms with E-state index in [2.05, 4.69) is 4.72 Å². The molecule has 148 valence electrons. The second-order valence-electron chi connectivity index (χ2n) is 6.29. The van der Waals surface area contributed by atoms with E-state index in [4.69, 9.17) is 13.9 Å². The highest BCUT2D eigenvalue weighted by atomic mass is 32.2. The van der Waals surface area contributed by atoms with Crippen LogP contribution in [0.4, 0.5) is 5.69 Å². The van der Waals surface area contributed by atoms with Crippen LogP contribution in [0.25, 0.3) is 11.0 Å². The standard InChI is InChI=1S/C20H21NO6S/c1-13-4-7-16(8-5-13)28(23,24)21-15-6-9-18-17(12-15)19(14(2)27-18)20(22)26-11-10-25-3/h4-9,12,21H,10-11H2,1-3H3. The number of carbonyl (C=O) groups is 1. The molecular formula is C20H21NO6S. The number of hydrogen-bond acceptors (Lipinski definition) is 6. The van der Waals surface area contributed by atoms with Crippen molar-refractivity contribution in [2.45, 2.75) is 18.7 Å². The van der Waals surface area contributed by atoms with E-state index in [0.29, 0.717) is 22.4 Å². The first kappa shape index (κ1) is 19.9. The zero-order valence-corrected chi connectivity index (χ0v) is 16.6. The van der Waals surface area contributed by atoms with Gasteiger partial charge in [0.25, 0.3) is 10.0 Å². The van der Waals surface area contributed by atoms with Gasteiger partial charge in [0, 0.05) is 18.2 Å². The van der Waals surface area contributed by atoms with Crippen LogP contribution in [-0.2, 0) is 19.5 Å². The van der Waals surface area contributed by atoms with Crippen molar-refractivity contribution >= 4 is 32.6 Å². The summed E-state index contributed by atoms with van der Waals surface area (Å²) in [5, 5.41) is 0.476. The Morgan fingerprint density at radius 2 is 1.79 bits per heavy atom. The van der Waals surface area contributed by atoms with Crippen LogP contribution in [0.5, 0.6) is 0 Å². The Morgan fingerprint density at radius 3 is 2.46 bits per heavy atom. The number of hydrogen-bond donors (Lipinski definition) is 1. The smallest absolute Gasteiger partial charge is 0.342 e. The number of fused-ring (bicyclic) bond motifs is 1. The van der Waals surface area contributed by atoms with Crippen LogP contribution in [0.15, 0.2) is 51.8 Å². The minimum absolute atomic E-state index is 0.112. The lowest BCUT2D eigenvalue weighted by molar-refractivity contribution is 0.0388. The lowest BCUT2D eigenvalue weighted by atomic mass is 10.1. The van der Waals surface area contributed by atoms with E-state index in [1.54, 1.807) is 37.3 Å². The molecule has 7 nitrogen and oxygen atoms in total. The molecule has 1 aromatic heterocycles. The van der Waals surface area contributed by atoms with Gasteiger partial charge in [-0.15, -0.1) is 0 Å². The number of sulfonamides is 1. The summed E-state index contributed by atoms with van der Waals surface area (Å²) in [7, 11) is -2.24. The third kappa shape index (κ3) is 4.18. The quantitative estimate of drug-likeness (QED) is 0.478. The lowest BCUT2D eigenvalue weighted by Gasteiger charge is -2.09. The number of benzene rings is 2. The molecule has 0 saturated carbocycles. The molecule has 0 aliphatic heterocycles. The first-order valence-electron chi connectivity index (χ1n) is 8.60. The molecule has 8 heteroatoms. The van der Waals surface area contributed by atoms with E-state index in [-0.39, 0.29) is 23.7 Å². The lowest BCUT2D eigenvalue weighted by Crippen LogP contribution is -2.13. The molecule has 0 spiro atoms. The van der Waals surface area contributed by atoms with Crippen molar-refractivity contribution < 1.29 is 27.1 Å². The highest BCUT2D eigenvalue weighted by Gasteiger charge is 2.21. The van der Waals surface area contributed by atoms with Crippen LogP contribution in [0.3, 0.4) is 0 Å². The SMILES string of the molecule is COCCOC(=O)c1c(C)oc2ccc(NS(=O)(=O)c3ccc(C)cc3)cc12. The second kappa shape index (κ2) is 8.04. The first-order valence-corrected chi connectivity index (χ1v) is 10.1. The molecule has 0 aliphatic carbocycles. The number of anilines is 1. The zero-order valence-electron chi connectivity index (χ0n) is 15.8. The Labute approximate surface area is 163 Å². The minimum Gasteiger partial charge on any atom is -0.460 e. The number of furan rings is 1. The third-order valence-electron chi connectivity index (χ3n) is 4.17. The van der Waals surface area contributed by atoms with Crippen molar-refractivity contribution in [3.8, 4) is 0 Å². The van der Waals surface area contributed by atoms with Crippen molar-refractivity contribution in [3.63, 3.8) is 0 Å². The molecule has 0 atom stereocenters. The molecule has 0 amide bonds. The normalized spacial score (nSPS) is 11.5. The second-order valence-corrected chi connectivity index (χ2v) is 7.97. The van der Waals surface area contributed by atoms with Crippen molar-refractivity contribution in [1.82, 2.24) is 0 Å². The fourth-order valence-electron chi connectivity index (χ4n) is 2.76. The molecule has 0 unspecified atom stereocenters. The highest BCUT2D eigenvalue weighted by Crippen LogP contribution is 2.29. The van der Waals surface area contributed by atoms with Gasteiger partial charge in [-0.1, -0.05) is 17.7 Å². The van der Waals surface area contributed by atoms with E-state index in [9.17, 15) is 13.2 Å². The first-order chi connectivity index (χ1) is 13.3. The Morgan fingerprint density at radius 1 is 1.07 bits per heavy atom. The summed E-state index contributed by atoms with van der Waals surface area (Å²) >= 11 is 0. The Bertz CT molecular complexity index is 1100. The van der Waals surface area contributed by atoms with Gasteiger partial charge in [0.05, 0.1) is 11.5 Å². The number of ether oxygens (including phenoxy) is 2. The molecule has 1 N–H and O–H groups in total. The molecule has 28 heavy (non-hydrogen) atoms. The molecule has 1 heterocycles. The van der Waals surface area contributed by atoms with Crippen LogP contribution in [0.2, 0.25) is 0 Å². The summed E-state index contributed by atoms with van der Waals surface area (Å²) in [5.74, 6) is -0.150. The van der Waals surface area contributed by atoms with Crippen molar-refractivity contribution in [2.75, 3.05) is 25.0 Å². The predicted octanol–water partition coefficient (Wildman–Crippen LogP) is 3.65. The zero-order chi connectivity index (χ0) is 20.3. The maximum Gasteiger partial charge on any atom is 0.342 e. The van der Waals surface area contributed by atoms with E-state index in [1.807, 2.05) is 6.92 Å². The number of nitrogens with one attached hydrogen (secondary N) is 1. The van der Waals surface area contributed by atoms with Crippen LogP contribution >= 0.6 is 0 Å². The number of carbonyl (C=O) groups excluding carboxylic acids is 1. The summed E-state index contributed by atoms with van der Waals surface area (Å²) < 4.78 is 43.4. The van der Waals surface area contributed by atoms with E-state index in [1.165, 1.54) is 19.2 Å². The molecule has 2 aromatic carbocycles. The van der Waals surface area contributed by atoms with Crippen LogP contribution < -0.4 is 4.72 Å². The maximum absolute atomic E-state index is 12.6. The number of aryl methyl sites for hydroxylation is 2. The van der Waals surface area contributed by atoms with Crippen LogP contribution in [-0.4, -0.2) is 34.7 Å². The molecular weight excluding hydrogens is 382 g/mol. The van der Waals surface area contributed by atoms with Crippen molar-refractivity contribution in [1.29, 1.82) is 0 Å². The number of esters is 1. The molecule has 3 aromatic rings. The van der Waals surface area contributed by atoms with E-state index < -0.39 is 16.0 Å². The molecule has 0 bridgehead atoms. The number of rotatable bonds is 7. The third-order valence-corrected chi connectivity index (χ3v) is 5.57. The fourth-order valence-corrected chi connectivity index (χ4v) is 3.81. The van der Waals surface area contributed by atoms with E-state index >= 15 is 0 Å². The van der Waals surface area contributed by atoms with Gasteiger partial charge in [-0.3, -0.25) is 4.72 Å². The van der Waals surface area contributed by atoms with Gasteiger partial charge in [-0.2, -0.15) is 0 Å². The van der Waals surface area contributed by atoms with Gasteiger partial charge in [0.15, 0.2) is 0 Å². The maximum atomic E-state index is 12.6. The van der Waals surface area contributed by atoms with Crippen molar-refractivity contribution in [2.24, 2.45) is 0 Å². The minimum atomic E-state index is -3.76.